The van der Waals surface area contributed by atoms with Gasteiger partial charge in [-0.1, -0.05) is 18.2 Å². The predicted octanol–water partition coefficient (Wildman–Crippen LogP) is 4.12. The maximum Gasteiger partial charge on any atom is 0.323 e. The molecule has 0 spiro atoms. The molecule has 2 aromatic rings. The molecule has 1 atom stereocenters. The number of anilines is 2. The van der Waals surface area contributed by atoms with E-state index in [1.165, 1.54) is 0 Å². The van der Waals surface area contributed by atoms with Gasteiger partial charge in [0.2, 0.25) is 0 Å². The minimum absolute atomic E-state index is 0.121. The maximum atomic E-state index is 12.2. The first-order chi connectivity index (χ1) is 11.6. The van der Waals surface area contributed by atoms with Crippen LogP contribution in [-0.4, -0.2) is 25.3 Å². The Morgan fingerprint density at radius 1 is 1.08 bits per heavy atom. The fourth-order valence-electron chi connectivity index (χ4n) is 2.70. The average molecular weight is 326 g/mol. The number of aryl methyl sites for hydroxylation is 2. The molecule has 1 heterocycles. The summed E-state index contributed by atoms with van der Waals surface area (Å²) < 4.78 is 11.1. The van der Waals surface area contributed by atoms with Crippen molar-refractivity contribution in [2.45, 2.75) is 26.4 Å². The third kappa shape index (κ3) is 4.06. The molecule has 0 unspecified atom stereocenters. The van der Waals surface area contributed by atoms with E-state index in [0.29, 0.717) is 12.3 Å². The smallest absolute Gasteiger partial charge is 0.323 e. The topological polar surface area (TPSA) is 59.6 Å². The number of hydrogen-bond acceptors (Lipinski definition) is 3. The minimum atomic E-state index is -0.259. The number of ether oxygens (including phenoxy) is 2. The van der Waals surface area contributed by atoms with Gasteiger partial charge in [-0.15, -0.1) is 0 Å². The number of hydrogen-bond donors (Lipinski definition) is 2. The number of rotatable bonds is 4. The molecule has 1 aliphatic rings. The van der Waals surface area contributed by atoms with Crippen molar-refractivity contribution in [3.05, 3.63) is 53.6 Å². The first-order valence-corrected chi connectivity index (χ1v) is 8.10. The second kappa shape index (κ2) is 7.36. The fourth-order valence-corrected chi connectivity index (χ4v) is 2.70. The van der Waals surface area contributed by atoms with Gasteiger partial charge in [0.15, 0.2) is 0 Å². The van der Waals surface area contributed by atoms with Crippen molar-refractivity contribution < 1.29 is 14.3 Å². The van der Waals surface area contributed by atoms with E-state index in [1.54, 1.807) is 0 Å². The maximum absolute atomic E-state index is 12.2. The Labute approximate surface area is 142 Å². The lowest BCUT2D eigenvalue weighted by Gasteiger charge is -2.14. The highest BCUT2D eigenvalue weighted by atomic mass is 16.5. The van der Waals surface area contributed by atoms with Crippen molar-refractivity contribution in [1.82, 2.24) is 0 Å². The molecule has 2 amide bonds. The van der Waals surface area contributed by atoms with Gasteiger partial charge in [-0.3, -0.25) is 0 Å². The quantitative estimate of drug-likeness (QED) is 0.888. The molecule has 0 radical (unpaired) electrons. The third-order valence-corrected chi connectivity index (χ3v) is 4.02. The molecule has 5 nitrogen and oxygen atoms in total. The van der Waals surface area contributed by atoms with Crippen molar-refractivity contribution in [2.75, 3.05) is 23.8 Å². The van der Waals surface area contributed by atoms with E-state index >= 15 is 0 Å². The van der Waals surface area contributed by atoms with Gasteiger partial charge in [-0.25, -0.2) is 4.79 Å². The normalized spacial score (nSPS) is 16.7. The summed E-state index contributed by atoms with van der Waals surface area (Å²) in [4.78, 5) is 12.2. The lowest BCUT2D eigenvalue weighted by atomic mass is 10.1. The van der Waals surface area contributed by atoms with Crippen LogP contribution < -0.4 is 15.4 Å². The highest BCUT2D eigenvalue weighted by Gasteiger charge is 2.17. The average Bonchev–Trinajstić information content (AvgIpc) is 3.06. The molecule has 2 aromatic carbocycles. The van der Waals surface area contributed by atoms with Crippen LogP contribution in [0.3, 0.4) is 0 Å². The molecule has 5 heteroatoms. The van der Waals surface area contributed by atoms with Crippen molar-refractivity contribution in [3.63, 3.8) is 0 Å². The summed E-state index contributed by atoms with van der Waals surface area (Å²) in [5.41, 5.74) is 3.63. The molecule has 1 saturated heterocycles. The molecular formula is C19H22N2O3. The van der Waals surface area contributed by atoms with Gasteiger partial charge in [0, 0.05) is 17.8 Å². The Balaban J connectivity index is 1.58. The number of para-hydroxylation sites is 1. The number of carbonyl (C=O) groups excluding carboxylic acids is 1. The first kappa shape index (κ1) is 16.3. The van der Waals surface area contributed by atoms with Gasteiger partial charge in [-0.05, 0) is 49.2 Å². The van der Waals surface area contributed by atoms with Crippen LogP contribution in [-0.2, 0) is 4.74 Å². The minimum Gasteiger partial charge on any atom is -0.488 e. The molecule has 24 heavy (non-hydrogen) atoms. The van der Waals surface area contributed by atoms with Crippen LogP contribution in [0.1, 0.15) is 17.5 Å². The Bertz CT molecular complexity index is 687. The summed E-state index contributed by atoms with van der Waals surface area (Å²) in [6.07, 6.45) is 1.04. The van der Waals surface area contributed by atoms with Crippen molar-refractivity contribution >= 4 is 17.4 Å². The summed E-state index contributed by atoms with van der Waals surface area (Å²) in [5.74, 6) is 0.784. The van der Waals surface area contributed by atoms with E-state index in [-0.39, 0.29) is 12.1 Å². The van der Waals surface area contributed by atoms with Crippen LogP contribution in [0.4, 0.5) is 16.2 Å². The zero-order valence-corrected chi connectivity index (χ0v) is 14.0. The Kier molecular flexibility index (Phi) is 5.01. The fraction of sp³-hybridized carbons (Fsp3) is 0.316. The first-order valence-electron chi connectivity index (χ1n) is 8.10. The molecule has 1 fully saturated rings. The van der Waals surface area contributed by atoms with E-state index in [1.807, 2.05) is 56.3 Å². The summed E-state index contributed by atoms with van der Waals surface area (Å²) in [6.45, 7) is 5.34. The zero-order chi connectivity index (χ0) is 16.9. The van der Waals surface area contributed by atoms with E-state index in [0.717, 1.165) is 35.6 Å². The standard InChI is InChI=1S/C19H22N2O3/c1-13-4-3-5-14(2)18(13)21-19(22)20-15-6-8-16(9-7-15)24-17-10-11-23-12-17/h3-9,17H,10-12H2,1-2H3,(H2,20,21,22)/t17-/m0/s1. The van der Waals surface area contributed by atoms with Crippen LogP contribution in [0, 0.1) is 13.8 Å². The monoisotopic (exact) mass is 326 g/mol. The van der Waals surface area contributed by atoms with E-state index in [9.17, 15) is 4.79 Å². The van der Waals surface area contributed by atoms with Crippen LogP contribution in [0.5, 0.6) is 5.75 Å². The zero-order valence-electron chi connectivity index (χ0n) is 14.0. The summed E-state index contributed by atoms with van der Waals surface area (Å²) in [6, 6.07) is 13.0. The SMILES string of the molecule is Cc1cccc(C)c1NC(=O)Nc1ccc(O[C@H]2CCOC2)cc1. The van der Waals surface area contributed by atoms with Gasteiger partial charge in [-0.2, -0.15) is 0 Å². The largest absolute Gasteiger partial charge is 0.488 e. The molecule has 0 aliphatic carbocycles. The van der Waals surface area contributed by atoms with E-state index in [2.05, 4.69) is 10.6 Å². The van der Waals surface area contributed by atoms with Crippen LogP contribution in [0.2, 0.25) is 0 Å². The lowest BCUT2D eigenvalue weighted by molar-refractivity contribution is 0.141. The predicted molar refractivity (Wildman–Crippen MR) is 94.9 cm³/mol. The Morgan fingerprint density at radius 2 is 1.79 bits per heavy atom. The molecule has 0 saturated carbocycles. The molecule has 1 aliphatic heterocycles. The Hall–Kier alpha value is -2.53. The third-order valence-electron chi connectivity index (χ3n) is 4.02. The lowest BCUT2D eigenvalue weighted by Crippen LogP contribution is -2.20. The number of amides is 2. The van der Waals surface area contributed by atoms with Crippen molar-refractivity contribution in [3.8, 4) is 5.75 Å². The van der Waals surface area contributed by atoms with E-state index < -0.39 is 0 Å². The number of benzene rings is 2. The van der Waals surface area contributed by atoms with Crippen LogP contribution >= 0.6 is 0 Å². The number of carbonyl (C=O) groups is 1. The van der Waals surface area contributed by atoms with Gasteiger partial charge in [0.25, 0.3) is 0 Å². The molecule has 126 valence electrons. The highest BCUT2D eigenvalue weighted by Crippen LogP contribution is 2.21. The second-order valence-electron chi connectivity index (χ2n) is 5.97. The van der Waals surface area contributed by atoms with Crippen molar-refractivity contribution in [2.24, 2.45) is 0 Å². The van der Waals surface area contributed by atoms with Gasteiger partial charge in [0.05, 0.1) is 13.2 Å². The number of urea groups is 1. The number of nitrogens with one attached hydrogen (secondary N) is 2. The summed E-state index contributed by atoms with van der Waals surface area (Å²) in [5, 5.41) is 5.74. The second-order valence-corrected chi connectivity index (χ2v) is 5.97. The molecule has 0 bridgehead atoms. The van der Waals surface area contributed by atoms with E-state index in [4.69, 9.17) is 9.47 Å². The molecule has 3 rings (SSSR count). The van der Waals surface area contributed by atoms with Gasteiger partial charge in [0.1, 0.15) is 11.9 Å². The van der Waals surface area contributed by atoms with Crippen LogP contribution in [0.25, 0.3) is 0 Å². The Morgan fingerprint density at radius 3 is 2.42 bits per heavy atom. The van der Waals surface area contributed by atoms with Crippen LogP contribution in [0.15, 0.2) is 42.5 Å². The molecule has 0 aromatic heterocycles. The van der Waals surface area contributed by atoms with Crippen molar-refractivity contribution in [1.29, 1.82) is 0 Å². The molecule has 2 N–H and O–H groups in total. The molecular weight excluding hydrogens is 304 g/mol. The summed E-state index contributed by atoms with van der Waals surface area (Å²) in [7, 11) is 0. The summed E-state index contributed by atoms with van der Waals surface area (Å²) >= 11 is 0. The van der Waals surface area contributed by atoms with Gasteiger partial charge >= 0.3 is 6.03 Å². The highest BCUT2D eigenvalue weighted by molar-refractivity contribution is 6.00. The van der Waals surface area contributed by atoms with Gasteiger partial charge < -0.3 is 20.1 Å².